The van der Waals surface area contributed by atoms with E-state index >= 15 is 0 Å². The van der Waals surface area contributed by atoms with Crippen LogP contribution in [0.5, 0.6) is 11.5 Å². The second kappa shape index (κ2) is 8.80. The van der Waals surface area contributed by atoms with E-state index in [-0.39, 0.29) is 0 Å². The lowest BCUT2D eigenvalue weighted by Crippen LogP contribution is -2.00. The molecule has 0 saturated heterocycles. The maximum Gasteiger partial charge on any atom is 0.163 e. The molecule has 0 spiro atoms. The number of anilines is 1. The van der Waals surface area contributed by atoms with Gasteiger partial charge < -0.3 is 9.47 Å². The van der Waals surface area contributed by atoms with Gasteiger partial charge in [-0.15, -0.1) is 0 Å². The number of hydrogen-bond acceptors (Lipinski definition) is 6. The van der Waals surface area contributed by atoms with Gasteiger partial charge in [-0.2, -0.15) is 5.10 Å². The Labute approximate surface area is 179 Å². The van der Waals surface area contributed by atoms with Gasteiger partial charge in [-0.25, -0.2) is 9.97 Å². The average molecular weight is 419 g/mol. The van der Waals surface area contributed by atoms with Crippen molar-refractivity contribution >= 4 is 34.5 Å². The van der Waals surface area contributed by atoms with Gasteiger partial charge in [0.2, 0.25) is 0 Å². The lowest BCUT2D eigenvalue weighted by atomic mass is 10.2. The number of halogens is 1. The van der Waals surface area contributed by atoms with Gasteiger partial charge in [-0.05, 0) is 36.4 Å². The highest BCUT2D eigenvalue weighted by Crippen LogP contribution is 2.29. The van der Waals surface area contributed by atoms with E-state index < -0.39 is 0 Å². The van der Waals surface area contributed by atoms with E-state index in [2.05, 4.69) is 20.5 Å². The summed E-state index contributed by atoms with van der Waals surface area (Å²) in [7, 11) is 3.22. The minimum absolute atomic E-state index is 0.527. The fraction of sp³-hybridized carbons (Fsp3) is 0.0870. The van der Waals surface area contributed by atoms with E-state index in [1.165, 1.54) is 0 Å². The Balaban J connectivity index is 1.70. The lowest BCUT2D eigenvalue weighted by molar-refractivity contribution is 0.394. The molecule has 1 heterocycles. The monoisotopic (exact) mass is 418 g/mol. The molecule has 0 unspecified atom stereocenters. The molecule has 0 fully saturated rings. The molecule has 4 rings (SSSR count). The number of nitrogens with zero attached hydrogens (tertiary/aromatic N) is 3. The first kappa shape index (κ1) is 19.7. The molecule has 0 amide bonds. The van der Waals surface area contributed by atoms with Crippen molar-refractivity contribution in [1.82, 2.24) is 9.97 Å². The molecule has 6 nitrogen and oxygen atoms in total. The predicted octanol–water partition coefficient (Wildman–Crippen LogP) is 5.41. The Morgan fingerprint density at radius 1 is 0.933 bits per heavy atom. The molecule has 30 heavy (non-hydrogen) atoms. The van der Waals surface area contributed by atoms with E-state index in [0.29, 0.717) is 28.2 Å². The molecule has 0 aliphatic heterocycles. The Bertz CT molecular complexity index is 1230. The van der Waals surface area contributed by atoms with Crippen molar-refractivity contribution < 1.29 is 9.47 Å². The summed E-state index contributed by atoms with van der Waals surface area (Å²) in [5, 5.41) is 5.81. The first-order valence-electron chi connectivity index (χ1n) is 9.22. The van der Waals surface area contributed by atoms with Gasteiger partial charge >= 0.3 is 0 Å². The minimum atomic E-state index is 0.527. The molecular formula is C23H19ClN4O2. The molecule has 0 aliphatic carbocycles. The van der Waals surface area contributed by atoms with E-state index in [1.807, 2.05) is 60.7 Å². The van der Waals surface area contributed by atoms with E-state index in [4.69, 9.17) is 21.1 Å². The lowest BCUT2D eigenvalue weighted by Gasteiger charge is -2.10. The number of fused-ring (bicyclic) bond motifs is 1. The molecule has 1 N–H and O–H groups in total. The first-order chi connectivity index (χ1) is 14.7. The normalized spacial score (nSPS) is 11.0. The summed E-state index contributed by atoms with van der Waals surface area (Å²) in [4.78, 5) is 9.32. The van der Waals surface area contributed by atoms with Crippen LogP contribution in [0.3, 0.4) is 0 Å². The molecule has 0 radical (unpaired) electrons. The number of aromatic nitrogens is 2. The Kier molecular flexibility index (Phi) is 5.77. The molecular weight excluding hydrogens is 400 g/mol. The van der Waals surface area contributed by atoms with E-state index in [1.54, 1.807) is 26.5 Å². The highest BCUT2D eigenvalue weighted by atomic mass is 35.5. The number of methoxy groups -OCH3 is 2. The van der Waals surface area contributed by atoms with Gasteiger partial charge in [-0.3, -0.25) is 5.43 Å². The molecule has 1 aromatic heterocycles. The average Bonchev–Trinajstić information content (AvgIpc) is 2.79. The SMILES string of the molecule is COc1ccc(C=NNc2nc(-c3ccccc3Cl)nc3ccccc23)c(OC)c1. The van der Waals surface area contributed by atoms with Crippen LogP contribution in [0.2, 0.25) is 5.02 Å². The van der Waals surface area contributed by atoms with Crippen molar-refractivity contribution in [3.63, 3.8) is 0 Å². The molecule has 150 valence electrons. The van der Waals surface area contributed by atoms with Crippen LogP contribution in [0.25, 0.3) is 22.3 Å². The van der Waals surface area contributed by atoms with Crippen LogP contribution in [-0.2, 0) is 0 Å². The van der Waals surface area contributed by atoms with Gasteiger partial charge in [0.25, 0.3) is 0 Å². The van der Waals surface area contributed by atoms with Crippen LogP contribution >= 0.6 is 11.6 Å². The summed E-state index contributed by atoms with van der Waals surface area (Å²) in [5.74, 6) is 2.48. The highest BCUT2D eigenvalue weighted by Gasteiger charge is 2.11. The summed E-state index contributed by atoms with van der Waals surface area (Å²) in [6.45, 7) is 0. The summed E-state index contributed by atoms with van der Waals surface area (Å²) in [5.41, 5.74) is 5.39. The van der Waals surface area contributed by atoms with Gasteiger partial charge in [-0.1, -0.05) is 35.9 Å². The molecule has 0 aliphatic rings. The van der Waals surface area contributed by atoms with Crippen LogP contribution in [0.4, 0.5) is 5.82 Å². The third kappa shape index (κ3) is 4.04. The molecule has 0 atom stereocenters. The topological polar surface area (TPSA) is 68.6 Å². The zero-order valence-corrected chi connectivity index (χ0v) is 17.2. The van der Waals surface area contributed by atoms with Crippen LogP contribution in [0.1, 0.15) is 5.56 Å². The third-order valence-electron chi connectivity index (χ3n) is 4.53. The van der Waals surface area contributed by atoms with Crippen LogP contribution < -0.4 is 14.9 Å². The predicted molar refractivity (Wildman–Crippen MR) is 121 cm³/mol. The van der Waals surface area contributed by atoms with Crippen molar-refractivity contribution in [2.24, 2.45) is 5.10 Å². The Morgan fingerprint density at radius 2 is 1.73 bits per heavy atom. The second-order valence-electron chi connectivity index (χ2n) is 6.37. The minimum Gasteiger partial charge on any atom is -0.497 e. The van der Waals surface area contributed by atoms with Crippen molar-refractivity contribution in [2.75, 3.05) is 19.6 Å². The Hall–Kier alpha value is -3.64. The zero-order valence-electron chi connectivity index (χ0n) is 16.5. The van der Waals surface area contributed by atoms with Crippen molar-refractivity contribution in [2.45, 2.75) is 0 Å². The molecule has 0 bridgehead atoms. The van der Waals surface area contributed by atoms with E-state index in [9.17, 15) is 0 Å². The number of hydrogen-bond donors (Lipinski definition) is 1. The molecule has 0 saturated carbocycles. The van der Waals surface area contributed by atoms with Gasteiger partial charge in [0.15, 0.2) is 11.6 Å². The summed E-state index contributed by atoms with van der Waals surface area (Å²) < 4.78 is 10.6. The molecule has 7 heteroatoms. The third-order valence-corrected chi connectivity index (χ3v) is 4.86. The summed E-state index contributed by atoms with van der Waals surface area (Å²) in [6, 6.07) is 20.7. The highest BCUT2D eigenvalue weighted by molar-refractivity contribution is 6.33. The van der Waals surface area contributed by atoms with Crippen molar-refractivity contribution in [3.05, 3.63) is 77.3 Å². The number of rotatable bonds is 6. The molecule has 3 aromatic carbocycles. The van der Waals surface area contributed by atoms with Gasteiger partial charge in [0.05, 0.1) is 31.0 Å². The standard InChI is InChI=1S/C23H19ClN4O2/c1-29-16-12-11-15(21(13-16)30-2)14-25-28-23-18-8-4-6-10-20(18)26-22(27-23)17-7-3-5-9-19(17)24/h3-14H,1-2H3,(H,26,27,28). The maximum absolute atomic E-state index is 6.35. The fourth-order valence-electron chi connectivity index (χ4n) is 3.01. The van der Waals surface area contributed by atoms with Crippen LogP contribution in [0.15, 0.2) is 71.8 Å². The Morgan fingerprint density at radius 3 is 2.53 bits per heavy atom. The van der Waals surface area contributed by atoms with Crippen LogP contribution in [-0.4, -0.2) is 30.4 Å². The van der Waals surface area contributed by atoms with Crippen molar-refractivity contribution in [1.29, 1.82) is 0 Å². The quantitative estimate of drug-likeness (QED) is 0.335. The number of benzene rings is 3. The number of ether oxygens (including phenoxy) is 2. The summed E-state index contributed by atoms with van der Waals surface area (Å²) >= 11 is 6.35. The number of nitrogens with one attached hydrogen (secondary N) is 1. The number of hydrazone groups is 1. The molecule has 4 aromatic rings. The van der Waals surface area contributed by atoms with Gasteiger partial charge in [0.1, 0.15) is 11.5 Å². The maximum atomic E-state index is 6.35. The largest absolute Gasteiger partial charge is 0.497 e. The second-order valence-corrected chi connectivity index (χ2v) is 6.78. The van der Waals surface area contributed by atoms with Crippen molar-refractivity contribution in [3.8, 4) is 22.9 Å². The summed E-state index contributed by atoms with van der Waals surface area (Å²) in [6.07, 6.45) is 1.67. The smallest absolute Gasteiger partial charge is 0.163 e. The van der Waals surface area contributed by atoms with Gasteiger partial charge in [0, 0.05) is 22.6 Å². The number of para-hydroxylation sites is 1. The zero-order chi connectivity index (χ0) is 20.9. The van der Waals surface area contributed by atoms with E-state index in [0.717, 1.165) is 22.0 Å². The fourth-order valence-corrected chi connectivity index (χ4v) is 3.23. The van der Waals surface area contributed by atoms with Crippen LogP contribution in [0, 0.1) is 0 Å². The first-order valence-corrected chi connectivity index (χ1v) is 9.60.